The Kier molecular flexibility index (Phi) is 6.29. The van der Waals surface area contributed by atoms with Crippen LogP contribution in [-0.4, -0.2) is 0 Å². The summed E-state index contributed by atoms with van der Waals surface area (Å²) in [4.78, 5) is 2.46. The van der Waals surface area contributed by atoms with Crippen LogP contribution in [0, 0.1) is 27.7 Å². The minimum absolute atomic E-state index is 1.16. The largest absolute Gasteiger partial charge is 0.309 e. The van der Waals surface area contributed by atoms with Crippen molar-refractivity contribution >= 4 is 70.1 Å². The maximum Gasteiger partial charge on any atom is 0.0618 e. The lowest BCUT2D eigenvalue weighted by molar-refractivity contribution is 1.28. The molecule has 0 aliphatic heterocycles. The van der Waals surface area contributed by atoms with Crippen molar-refractivity contribution in [3.05, 3.63) is 150 Å². The molecule has 8 rings (SSSR count). The van der Waals surface area contributed by atoms with Gasteiger partial charge in [-0.25, -0.2) is 0 Å². The Balaban J connectivity index is 1.50. The van der Waals surface area contributed by atoms with Gasteiger partial charge < -0.3 is 4.90 Å². The molecule has 8 aromatic rings. The fourth-order valence-electron chi connectivity index (χ4n) is 6.95. The molecule has 0 radical (unpaired) electrons. The van der Waals surface area contributed by atoms with Crippen molar-refractivity contribution in [1.29, 1.82) is 0 Å². The molecular weight excluding hydrogens is 551 g/mol. The molecule has 0 saturated heterocycles. The molecule has 0 atom stereocenters. The monoisotopic (exact) mass is 583 g/mol. The Morgan fingerprint density at radius 3 is 1.55 bits per heavy atom. The fraction of sp³-hybridized carbons (Fsp3) is 0.0952. The average molecular weight is 584 g/mol. The molecule has 0 aliphatic carbocycles. The summed E-state index contributed by atoms with van der Waals surface area (Å²) in [7, 11) is 0. The summed E-state index contributed by atoms with van der Waals surface area (Å²) in [5.74, 6) is 0. The van der Waals surface area contributed by atoms with Crippen molar-refractivity contribution in [2.24, 2.45) is 0 Å². The van der Waals surface area contributed by atoms with E-state index in [1.165, 1.54) is 80.8 Å². The van der Waals surface area contributed by atoms with E-state index in [0.717, 1.165) is 11.4 Å². The molecule has 0 amide bonds. The zero-order valence-corrected chi connectivity index (χ0v) is 26.3. The number of aryl methyl sites for hydroxylation is 4. The second kappa shape index (κ2) is 10.4. The van der Waals surface area contributed by atoms with E-state index in [0.29, 0.717) is 0 Å². The van der Waals surface area contributed by atoms with Gasteiger partial charge in [-0.1, -0.05) is 91.0 Å². The molecule has 7 aromatic carbocycles. The lowest BCUT2D eigenvalue weighted by Crippen LogP contribution is -2.12. The van der Waals surface area contributed by atoms with E-state index in [-0.39, 0.29) is 0 Å². The Morgan fingerprint density at radius 2 is 0.955 bits per heavy atom. The second-order valence-corrected chi connectivity index (χ2v) is 13.1. The molecule has 212 valence electrons. The van der Waals surface area contributed by atoms with Crippen LogP contribution in [0.5, 0.6) is 0 Å². The van der Waals surface area contributed by atoms with Crippen LogP contribution in [0.3, 0.4) is 0 Å². The Labute approximate surface area is 262 Å². The maximum absolute atomic E-state index is 2.46. The topological polar surface area (TPSA) is 3.24 Å². The van der Waals surface area contributed by atoms with Gasteiger partial charge in [0.25, 0.3) is 0 Å². The van der Waals surface area contributed by atoms with Gasteiger partial charge in [0.15, 0.2) is 0 Å². The molecule has 0 saturated carbocycles. The Hall–Kier alpha value is -4.92. The summed E-state index contributed by atoms with van der Waals surface area (Å²) < 4.78 is 2.77. The molecule has 1 aromatic heterocycles. The van der Waals surface area contributed by atoms with Crippen LogP contribution in [0.15, 0.2) is 127 Å². The number of anilines is 3. The van der Waals surface area contributed by atoms with E-state index < -0.39 is 0 Å². The van der Waals surface area contributed by atoms with Crippen LogP contribution in [0.1, 0.15) is 22.3 Å². The molecule has 0 unspecified atom stereocenters. The van der Waals surface area contributed by atoms with Crippen molar-refractivity contribution in [2.75, 3.05) is 4.90 Å². The summed E-state index contributed by atoms with van der Waals surface area (Å²) in [5, 5.41) is 7.72. The van der Waals surface area contributed by atoms with Crippen LogP contribution in [0.2, 0.25) is 0 Å². The molecular formula is C42H33NS. The van der Waals surface area contributed by atoms with Crippen LogP contribution < -0.4 is 4.90 Å². The summed E-state index contributed by atoms with van der Waals surface area (Å²) in [5.41, 5.74) is 11.3. The third-order valence-electron chi connectivity index (χ3n) is 8.92. The number of nitrogens with zero attached hydrogens (tertiary/aromatic N) is 1. The van der Waals surface area contributed by atoms with Crippen LogP contribution >= 0.6 is 11.3 Å². The number of hydrogen-bond acceptors (Lipinski definition) is 2. The summed E-state index contributed by atoms with van der Waals surface area (Å²) in [6.07, 6.45) is 0. The lowest BCUT2D eigenvalue weighted by atomic mass is 9.88. The van der Waals surface area contributed by atoms with Crippen molar-refractivity contribution in [2.45, 2.75) is 27.7 Å². The quantitative estimate of drug-likeness (QED) is 0.186. The first kappa shape index (κ1) is 26.7. The van der Waals surface area contributed by atoms with Gasteiger partial charge in [0.05, 0.1) is 5.69 Å². The van der Waals surface area contributed by atoms with Crippen molar-refractivity contribution in [1.82, 2.24) is 0 Å². The average Bonchev–Trinajstić information content (AvgIpc) is 3.42. The van der Waals surface area contributed by atoms with Gasteiger partial charge in [0.2, 0.25) is 0 Å². The molecule has 2 heteroatoms. The minimum atomic E-state index is 1.16. The third-order valence-corrected chi connectivity index (χ3v) is 10.4. The molecule has 0 fully saturated rings. The van der Waals surface area contributed by atoms with Crippen LogP contribution in [0.25, 0.3) is 52.8 Å². The summed E-state index contributed by atoms with van der Waals surface area (Å²) in [6.45, 7) is 8.84. The fourth-order valence-corrected chi connectivity index (χ4v) is 8.17. The Morgan fingerprint density at radius 1 is 0.432 bits per heavy atom. The van der Waals surface area contributed by atoms with Crippen LogP contribution in [-0.2, 0) is 0 Å². The van der Waals surface area contributed by atoms with Gasteiger partial charge in [-0.3, -0.25) is 0 Å². The SMILES string of the molecule is Cc1cccc(N(c2cccc(C)c2)c2c3ccccc3c(-c3cc(C)c4sc5c(C)cccc5c4c3)c3ccccc23)c1. The normalized spacial score (nSPS) is 11.6. The third kappa shape index (κ3) is 4.21. The van der Waals surface area contributed by atoms with Gasteiger partial charge in [-0.15, -0.1) is 11.3 Å². The summed E-state index contributed by atoms with van der Waals surface area (Å²) in [6, 6.07) is 47.2. The Bertz CT molecular complexity index is 2290. The first-order valence-electron chi connectivity index (χ1n) is 15.3. The van der Waals surface area contributed by atoms with Gasteiger partial charge in [-0.05, 0) is 108 Å². The highest BCUT2D eigenvalue weighted by Gasteiger charge is 2.23. The zero-order chi connectivity index (χ0) is 29.9. The van der Waals surface area contributed by atoms with Gasteiger partial charge in [-0.2, -0.15) is 0 Å². The standard InChI is InChI=1S/C42H33NS/c1-26-12-9-15-31(22-26)43(32-16-10-13-27(2)23-32)40-35-19-7-5-17-33(35)39(34-18-6-8-20-36(34)40)30-24-29(4)42-38(25-30)37-21-11-14-28(3)41(37)44-42/h5-25H,1-4H3. The zero-order valence-electron chi connectivity index (χ0n) is 25.5. The number of hydrogen-bond donors (Lipinski definition) is 0. The molecule has 0 aliphatic rings. The minimum Gasteiger partial charge on any atom is -0.309 e. The predicted molar refractivity (Wildman–Crippen MR) is 193 cm³/mol. The molecule has 1 heterocycles. The maximum atomic E-state index is 2.46. The van der Waals surface area contributed by atoms with E-state index in [1.54, 1.807) is 0 Å². The van der Waals surface area contributed by atoms with Gasteiger partial charge in [0, 0.05) is 42.3 Å². The highest BCUT2D eigenvalue weighted by atomic mass is 32.1. The number of thiophene rings is 1. The lowest BCUT2D eigenvalue weighted by Gasteiger charge is -2.30. The van der Waals surface area contributed by atoms with Crippen molar-refractivity contribution < 1.29 is 0 Å². The van der Waals surface area contributed by atoms with Crippen molar-refractivity contribution in [3.63, 3.8) is 0 Å². The molecule has 1 nitrogen and oxygen atoms in total. The summed E-state index contributed by atoms with van der Waals surface area (Å²) >= 11 is 1.92. The number of benzene rings is 7. The molecule has 44 heavy (non-hydrogen) atoms. The van der Waals surface area contributed by atoms with E-state index in [1.807, 2.05) is 11.3 Å². The van der Waals surface area contributed by atoms with Gasteiger partial charge >= 0.3 is 0 Å². The van der Waals surface area contributed by atoms with Crippen molar-refractivity contribution in [3.8, 4) is 11.1 Å². The molecule has 0 bridgehead atoms. The smallest absolute Gasteiger partial charge is 0.0618 e. The van der Waals surface area contributed by atoms with E-state index in [2.05, 4.69) is 160 Å². The van der Waals surface area contributed by atoms with E-state index >= 15 is 0 Å². The van der Waals surface area contributed by atoms with Gasteiger partial charge in [0.1, 0.15) is 0 Å². The van der Waals surface area contributed by atoms with E-state index in [4.69, 9.17) is 0 Å². The second-order valence-electron chi connectivity index (χ2n) is 12.1. The number of rotatable bonds is 4. The first-order valence-corrected chi connectivity index (χ1v) is 16.1. The highest BCUT2D eigenvalue weighted by Crippen LogP contribution is 2.49. The molecule has 0 N–H and O–H groups in total. The molecule has 0 spiro atoms. The van der Waals surface area contributed by atoms with E-state index in [9.17, 15) is 0 Å². The first-order chi connectivity index (χ1) is 21.5. The number of fused-ring (bicyclic) bond motifs is 5. The highest BCUT2D eigenvalue weighted by molar-refractivity contribution is 7.26. The van der Waals surface area contributed by atoms with Crippen LogP contribution in [0.4, 0.5) is 17.1 Å². The predicted octanol–water partition coefficient (Wildman–Crippen LogP) is 12.7.